The topological polar surface area (TPSA) is 48.9 Å². The smallest absolute Gasteiger partial charge is 0.191 e. The fraction of sp³-hybridized carbons (Fsp3) is 0.944. The van der Waals surface area contributed by atoms with Crippen molar-refractivity contribution in [3.05, 3.63) is 0 Å². The lowest BCUT2D eigenvalue weighted by Gasteiger charge is -2.35. The lowest BCUT2D eigenvalue weighted by Crippen LogP contribution is -2.47. The number of guanidine groups is 1. The maximum absolute atomic E-state index is 5.78. The van der Waals surface area contributed by atoms with Crippen LogP contribution in [0.25, 0.3) is 0 Å². The Morgan fingerprint density at radius 3 is 2.46 bits per heavy atom. The van der Waals surface area contributed by atoms with Crippen LogP contribution < -0.4 is 10.6 Å². The van der Waals surface area contributed by atoms with E-state index in [1.165, 1.54) is 25.7 Å². The molecule has 0 spiro atoms. The Hall–Kier alpha value is -0.0800. The monoisotopic (exact) mass is 454 g/mol. The molecule has 0 saturated carbocycles. The quantitative estimate of drug-likeness (QED) is 0.243. The molecule has 0 bridgehead atoms. The van der Waals surface area contributed by atoms with Crippen molar-refractivity contribution in [1.82, 2.24) is 15.5 Å². The Morgan fingerprint density at radius 2 is 1.88 bits per heavy atom. The van der Waals surface area contributed by atoms with E-state index in [4.69, 9.17) is 4.74 Å². The van der Waals surface area contributed by atoms with Gasteiger partial charge in [0.25, 0.3) is 0 Å². The molecule has 5 nitrogen and oxygen atoms in total. The number of nitrogens with one attached hydrogen (secondary N) is 2. The molecule has 0 aliphatic carbocycles. The second-order valence-electron chi connectivity index (χ2n) is 6.91. The minimum absolute atomic E-state index is 0. The van der Waals surface area contributed by atoms with Crippen LogP contribution in [-0.4, -0.2) is 62.3 Å². The molecule has 1 rings (SSSR count). The summed E-state index contributed by atoms with van der Waals surface area (Å²) in [6, 6.07) is 0.480. The third-order valence-electron chi connectivity index (χ3n) is 4.29. The first-order valence-corrected chi connectivity index (χ1v) is 9.40. The summed E-state index contributed by atoms with van der Waals surface area (Å²) < 4.78 is 5.78. The predicted molar refractivity (Wildman–Crippen MR) is 115 cm³/mol. The Labute approximate surface area is 166 Å². The van der Waals surface area contributed by atoms with Gasteiger partial charge in [-0.15, -0.1) is 24.0 Å². The van der Waals surface area contributed by atoms with Crippen molar-refractivity contribution in [1.29, 1.82) is 0 Å². The number of hydrogen-bond donors (Lipinski definition) is 2. The number of aliphatic imine (C=N–C) groups is 1. The van der Waals surface area contributed by atoms with Crippen LogP contribution in [0.5, 0.6) is 0 Å². The fourth-order valence-corrected chi connectivity index (χ4v) is 3.18. The molecule has 1 fully saturated rings. The summed E-state index contributed by atoms with van der Waals surface area (Å²) in [5.74, 6) is 0.928. The van der Waals surface area contributed by atoms with E-state index >= 15 is 0 Å². The highest BCUT2D eigenvalue weighted by molar-refractivity contribution is 14.0. The molecule has 6 heteroatoms. The van der Waals surface area contributed by atoms with Crippen molar-refractivity contribution in [2.45, 2.75) is 78.0 Å². The second kappa shape index (κ2) is 14.1. The zero-order chi connectivity index (χ0) is 17.1. The number of morpholine rings is 1. The van der Waals surface area contributed by atoms with Gasteiger partial charge in [0.2, 0.25) is 0 Å². The number of unbranched alkanes of at least 4 members (excludes halogenated alkanes) is 2. The first-order chi connectivity index (χ1) is 11.0. The van der Waals surface area contributed by atoms with Crippen LogP contribution in [0.2, 0.25) is 0 Å². The molecule has 0 amide bonds. The molecule has 2 N–H and O–H groups in total. The third-order valence-corrected chi connectivity index (χ3v) is 4.29. The lowest BCUT2D eigenvalue weighted by molar-refractivity contribution is -0.0679. The largest absolute Gasteiger partial charge is 0.373 e. The number of halogens is 1. The molecule has 1 saturated heterocycles. The van der Waals surface area contributed by atoms with Crippen molar-refractivity contribution >= 4 is 29.9 Å². The first-order valence-electron chi connectivity index (χ1n) is 9.40. The van der Waals surface area contributed by atoms with Crippen molar-refractivity contribution in [2.75, 3.05) is 33.2 Å². The van der Waals surface area contributed by atoms with E-state index in [1.54, 1.807) is 0 Å². The van der Waals surface area contributed by atoms with E-state index in [9.17, 15) is 0 Å². The lowest BCUT2D eigenvalue weighted by atomic mass is 10.1. The summed E-state index contributed by atoms with van der Waals surface area (Å²) in [6.07, 6.45) is 6.92. The molecule has 0 aromatic heterocycles. The van der Waals surface area contributed by atoms with Gasteiger partial charge >= 0.3 is 0 Å². The Morgan fingerprint density at radius 1 is 1.21 bits per heavy atom. The van der Waals surface area contributed by atoms with Gasteiger partial charge in [-0.3, -0.25) is 9.89 Å². The predicted octanol–water partition coefficient (Wildman–Crippen LogP) is 3.24. The third kappa shape index (κ3) is 10.7. The summed E-state index contributed by atoms with van der Waals surface area (Å²) in [4.78, 5) is 6.83. The summed E-state index contributed by atoms with van der Waals surface area (Å²) in [5, 5.41) is 6.92. The van der Waals surface area contributed by atoms with Crippen LogP contribution in [-0.2, 0) is 4.74 Å². The normalized spacial score (nSPS) is 23.5. The Balaban J connectivity index is 0.00000529. The maximum Gasteiger partial charge on any atom is 0.191 e. The minimum atomic E-state index is 0. The number of nitrogens with zero attached hydrogens (tertiary/aromatic N) is 2. The van der Waals surface area contributed by atoms with Gasteiger partial charge in [-0.1, -0.05) is 26.2 Å². The molecule has 3 atom stereocenters. The first kappa shape index (κ1) is 23.9. The number of ether oxygens (including phenoxy) is 1. The van der Waals surface area contributed by atoms with Gasteiger partial charge in [-0.25, -0.2) is 0 Å². The highest BCUT2D eigenvalue weighted by Gasteiger charge is 2.21. The summed E-state index contributed by atoms with van der Waals surface area (Å²) >= 11 is 0. The molecule has 1 heterocycles. The molecule has 0 radical (unpaired) electrons. The Kier molecular flexibility index (Phi) is 14.1. The van der Waals surface area contributed by atoms with Gasteiger partial charge in [0.15, 0.2) is 5.96 Å². The summed E-state index contributed by atoms with van der Waals surface area (Å²) in [6.45, 7) is 13.0. The molecule has 0 aromatic carbocycles. The van der Waals surface area contributed by atoms with E-state index < -0.39 is 0 Å². The molecule has 3 unspecified atom stereocenters. The van der Waals surface area contributed by atoms with Crippen LogP contribution in [0.4, 0.5) is 0 Å². The maximum atomic E-state index is 5.78. The van der Waals surface area contributed by atoms with Crippen LogP contribution in [0.3, 0.4) is 0 Å². The van der Waals surface area contributed by atoms with E-state index in [-0.39, 0.29) is 24.0 Å². The SMILES string of the molecule is CCCCCC(C)NC(=NC)NCCCN1CC(C)OC(C)C1.I. The molecule has 0 aromatic rings. The van der Waals surface area contributed by atoms with Gasteiger partial charge in [0.05, 0.1) is 12.2 Å². The van der Waals surface area contributed by atoms with Crippen LogP contribution in [0, 0.1) is 0 Å². The van der Waals surface area contributed by atoms with Crippen molar-refractivity contribution in [3.63, 3.8) is 0 Å². The van der Waals surface area contributed by atoms with Crippen molar-refractivity contribution in [2.24, 2.45) is 4.99 Å². The van der Waals surface area contributed by atoms with Gasteiger partial charge in [0.1, 0.15) is 0 Å². The summed E-state index contributed by atoms with van der Waals surface area (Å²) in [7, 11) is 1.85. The highest BCUT2D eigenvalue weighted by atomic mass is 127. The average Bonchev–Trinajstić information content (AvgIpc) is 2.49. The van der Waals surface area contributed by atoms with E-state index in [2.05, 4.69) is 48.2 Å². The zero-order valence-electron chi connectivity index (χ0n) is 16.3. The van der Waals surface area contributed by atoms with Crippen LogP contribution in [0.15, 0.2) is 4.99 Å². The standard InChI is InChI=1S/C18H38N4O.HI/c1-6-7-8-10-15(2)21-18(19-5)20-11-9-12-22-13-16(3)23-17(4)14-22;/h15-17H,6-14H2,1-5H3,(H2,19,20,21);1H. The van der Waals surface area contributed by atoms with Gasteiger partial charge in [-0.2, -0.15) is 0 Å². The molecular formula is C18H39IN4O. The van der Waals surface area contributed by atoms with E-state index in [0.29, 0.717) is 18.2 Å². The average molecular weight is 454 g/mol. The van der Waals surface area contributed by atoms with Crippen LogP contribution >= 0.6 is 24.0 Å². The molecule has 144 valence electrons. The zero-order valence-corrected chi connectivity index (χ0v) is 18.6. The van der Waals surface area contributed by atoms with Crippen molar-refractivity contribution < 1.29 is 4.74 Å². The van der Waals surface area contributed by atoms with Crippen LogP contribution in [0.1, 0.15) is 59.8 Å². The minimum Gasteiger partial charge on any atom is -0.373 e. The van der Waals surface area contributed by atoms with Gasteiger partial charge < -0.3 is 15.4 Å². The second-order valence-corrected chi connectivity index (χ2v) is 6.91. The molecule has 1 aliphatic rings. The summed E-state index contributed by atoms with van der Waals surface area (Å²) in [5.41, 5.74) is 0. The van der Waals surface area contributed by atoms with Crippen molar-refractivity contribution in [3.8, 4) is 0 Å². The van der Waals surface area contributed by atoms with Gasteiger partial charge in [-0.05, 0) is 33.6 Å². The van der Waals surface area contributed by atoms with Gasteiger partial charge in [0, 0.05) is 39.3 Å². The highest BCUT2D eigenvalue weighted by Crippen LogP contribution is 2.10. The number of hydrogen-bond acceptors (Lipinski definition) is 3. The fourth-order valence-electron chi connectivity index (χ4n) is 3.18. The molecular weight excluding hydrogens is 415 g/mol. The number of rotatable bonds is 9. The van der Waals surface area contributed by atoms with E-state index in [0.717, 1.165) is 38.6 Å². The molecule has 1 aliphatic heterocycles. The molecule has 24 heavy (non-hydrogen) atoms. The Bertz CT molecular complexity index is 331. The van der Waals surface area contributed by atoms with E-state index in [1.807, 2.05) is 7.05 Å².